The van der Waals surface area contributed by atoms with Crippen LogP contribution in [0.5, 0.6) is 0 Å². The molecule has 2 saturated heterocycles. The van der Waals surface area contributed by atoms with Crippen molar-refractivity contribution < 1.29 is 9.90 Å². The van der Waals surface area contributed by atoms with Gasteiger partial charge in [0.1, 0.15) is 0 Å². The zero-order valence-electron chi connectivity index (χ0n) is 13.4. The van der Waals surface area contributed by atoms with Gasteiger partial charge in [0.15, 0.2) is 0 Å². The van der Waals surface area contributed by atoms with Crippen molar-refractivity contribution in [3.8, 4) is 0 Å². The third kappa shape index (κ3) is 2.34. The van der Waals surface area contributed by atoms with Crippen molar-refractivity contribution in [3.63, 3.8) is 0 Å². The number of piperidine rings is 1. The average molecular weight is 365 g/mol. The molecule has 4 unspecified atom stereocenters. The number of amides is 1. The van der Waals surface area contributed by atoms with Crippen LogP contribution in [0.1, 0.15) is 58.1 Å². The normalized spacial score (nSPS) is 31.4. The summed E-state index contributed by atoms with van der Waals surface area (Å²) in [5.74, 6) is 0.308. The van der Waals surface area contributed by atoms with Crippen LogP contribution >= 0.6 is 0 Å². The van der Waals surface area contributed by atoms with Crippen molar-refractivity contribution in [3.05, 3.63) is 17.8 Å². The van der Waals surface area contributed by atoms with E-state index in [-0.39, 0.29) is 17.0 Å². The zero-order valence-corrected chi connectivity index (χ0v) is 15.8. The molecule has 0 radical (unpaired) electrons. The van der Waals surface area contributed by atoms with Crippen LogP contribution < -0.4 is 4.48 Å². The zero-order chi connectivity index (χ0) is 16.1. The first kappa shape index (κ1) is 15.8. The molecule has 0 aliphatic carbocycles. The van der Waals surface area contributed by atoms with E-state index in [1.54, 1.807) is 4.90 Å². The Morgan fingerprint density at radius 3 is 2.68 bits per heavy atom. The van der Waals surface area contributed by atoms with Gasteiger partial charge < -0.3 is 0 Å². The van der Waals surface area contributed by atoms with Crippen LogP contribution in [-0.2, 0) is 0 Å². The summed E-state index contributed by atoms with van der Waals surface area (Å²) < 4.78 is 0.979. The van der Waals surface area contributed by atoms with Crippen molar-refractivity contribution in [2.45, 2.75) is 64.0 Å². The summed E-state index contributed by atoms with van der Waals surface area (Å²) in [6, 6.07) is 4.21. The number of nitrogens with zero attached hydrogens (tertiary/aromatic N) is 3. The molecule has 1 aromatic heterocycles. The molecule has 6 heteroatoms. The van der Waals surface area contributed by atoms with Crippen LogP contribution in [0.4, 0.5) is 4.79 Å². The summed E-state index contributed by atoms with van der Waals surface area (Å²) in [6.07, 6.45) is 2.86. The minimum atomic E-state index is -0.770. The first-order chi connectivity index (χ1) is 10.2. The Hall–Kier alpha value is -1.09. The molecule has 2 fully saturated rings. The van der Waals surface area contributed by atoms with E-state index in [1.807, 2.05) is 6.07 Å². The van der Waals surface area contributed by atoms with Gasteiger partial charge in [-0.05, 0) is 0 Å². The molecule has 2 aliphatic rings. The Kier molecular flexibility index (Phi) is 3.75. The molecule has 0 saturated carbocycles. The summed E-state index contributed by atoms with van der Waals surface area (Å²) in [7, 11) is 0. The number of fused-ring (bicyclic) bond motifs is 2. The van der Waals surface area contributed by atoms with Crippen LogP contribution in [0.15, 0.2) is 12.1 Å². The quantitative estimate of drug-likeness (QED) is 0.767. The average Bonchev–Trinajstić information content (AvgIpc) is 2.68. The van der Waals surface area contributed by atoms with Crippen molar-refractivity contribution in [2.75, 3.05) is 0 Å². The number of hydrogen-bond donors (Lipinski definition) is 1. The van der Waals surface area contributed by atoms with Crippen molar-refractivity contribution >= 4 is 27.4 Å². The molecule has 2 aliphatic heterocycles. The molecule has 22 heavy (non-hydrogen) atoms. The van der Waals surface area contributed by atoms with Gasteiger partial charge in [-0.15, -0.1) is 0 Å². The second-order valence-corrected chi connectivity index (χ2v) is 8.89. The first-order valence-electron chi connectivity index (χ1n) is 7.86. The summed E-state index contributed by atoms with van der Waals surface area (Å²) in [4.78, 5) is 13.6. The summed E-state index contributed by atoms with van der Waals surface area (Å²) >= 11 is 1.47. The van der Waals surface area contributed by atoms with Gasteiger partial charge in [-0.3, -0.25) is 0 Å². The van der Waals surface area contributed by atoms with Crippen molar-refractivity contribution in [2.24, 2.45) is 5.41 Å². The van der Waals surface area contributed by atoms with Gasteiger partial charge in [-0.25, -0.2) is 0 Å². The van der Waals surface area contributed by atoms with Gasteiger partial charge in [0.25, 0.3) is 0 Å². The van der Waals surface area contributed by atoms with Crippen LogP contribution in [0.3, 0.4) is 0 Å². The predicted molar refractivity (Wildman–Crippen MR) is 87.3 cm³/mol. The molecule has 2 bridgehead atoms. The molecule has 3 heterocycles. The fraction of sp³-hybridized carbons (Fsp3) is 0.688. The number of hydrogen-bond acceptors (Lipinski definition) is 3. The Labute approximate surface area is 140 Å². The number of carboxylic acid groups (broad SMARTS) is 1. The topological polar surface area (TPSA) is 66.3 Å². The van der Waals surface area contributed by atoms with Gasteiger partial charge in [0.2, 0.25) is 0 Å². The molecule has 5 nitrogen and oxygen atoms in total. The Balaban J connectivity index is 1.98. The third-order valence-corrected chi connectivity index (χ3v) is 6.23. The fourth-order valence-electron chi connectivity index (χ4n) is 4.43. The second-order valence-electron chi connectivity index (χ2n) is 7.65. The van der Waals surface area contributed by atoms with Gasteiger partial charge in [0, 0.05) is 0 Å². The Morgan fingerprint density at radius 1 is 1.41 bits per heavy atom. The fourth-order valence-corrected chi connectivity index (χ4v) is 4.75. The van der Waals surface area contributed by atoms with Gasteiger partial charge in [-0.1, -0.05) is 0 Å². The molecule has 0 spiro atoms. The van der Waals surface area contributed by atoms with Crippen molar-refractivity contribution in [1.82, 2.24) is 15.1 Å². The van der Waals surface area contributed by atoms with Crippen LogP contribution in [-0.4, -0.2) is 54.7 Å². The standard InChI is InChI=1S/C16H24AsN3O2/c1-15(2,3)16-7-6-11(20(16)14(21)22)8-10(9-16)12-4-5-13(17)19-18-12/h4-5,10-11H,6-9,17H2,1-3H3,(H,21,22). The summed E-state index contributed by atoms with van der Waals surface area (Å²) in [5, 5.41) is 18.3. The maximum atomic E-state index is 11.9. The van der Waals surface area contributed by atoms with E-state index in [4.69, 9.17) is 0 Å². The van der Waals surface area contributed by atoms with E-state index >= 15 is 0 Å². The van der Waals surface area contributed by atoms with E-state index in [9.17, 15) is 9.90 Å². The molecule has 3 rings (SSSR count). The molecule has 120 valence electrons. The SMILES string of the molecule is CC(C)(C)C12CCC(CC(c3ccc([AsH2])nn3)C1)N2C(=O)O. The Bertz CT molecular complexity index is 584. The van der Waals surface area contributed by atoms with E-state index in [1.165, 1.54) is 16.9 Å². The van der Waals surface area contributed by atoms with Gasteiger partial charge >= 0.3 is 140 Å². The number of rotatable bonds is 1. The van der Waals surface area contributed by atoms with E-state index in [0.717, 1.165) is 35.9 Å². The van der Waals surface area contributed by atoms with Crippen LogP contribution in [0, 0.1) is 5.41 Å². The molecular formula is C16H24AsN3O2. The summed E-state index contributed by atoms with van der Waals surface area (Å²) in [5.41, 5.74) is 0.648. The summed E-state index contributed by atoms with van der Waals surface area (Å²) in [6.45, 7) is 6.49. The maximum absolute atomic E-state index is 11.9. The number of carbonyl (C=O) groups is 1. The monoisotopic (exact) mass is 365 g/mol. The molecule has 1 N–H and O–H groups in total. The third-order valence-electron chi connectivity index (χ3n) is 5.58. The Morgan fingerprint density at radius 2 is 2.14 bits per heavy atom. The molecule has 1 aromatic rings. The predicted octanol–water partition coefficient (Wildman–Crippen LogP) is 1.54. The van der Waals surface area contributed by atoms with E-state index in [0.29, 0.717) is 5.92 Å². The first-order valence-corrected chi connectivity index (χ1v) is 9.07. The minimum absolute atomic E-state index is 0.0833. The molecule has 4 atom stereocenters. The van der Waals surface area contributed by atoms with Crippen LogP contribution in [0.25, 0.3) is 0 Å². The molecular weight excluding hydrogens is 341 g/mol. The van der Waals surface area contributed by atoms with Gasteiger partial charge in [0.05, 0.1) is 0 Å². The number of aromatic nitrogens is 2. The van der Waals surface area contributed by atoms with E-state index < -0.39 is 6.09 Å². The van der Waals surface area contributed by atoms with Gasteiger partial charge in [-0.2, -0.15) is 0 Å². The van der Waals surface area contributed by atoms with Crippen molar-refractivity contribution in [1.29, 1.82) is 0 Å². The van der Waals surface area contributed by atoms with Crippen LogP contribution in [0.2, 0.25) is 0 Å². The van der Waals surface area contributed by atoms with E-state index in [2.05, 4.69) is 37.0 Å². The molecule has 1 amide bonds. The second kappa shape index (κ2) is 5.23. The molecule has 0 aromatic carbocycles.